The zero-order valence-corrected chi connectivity index (χ0v) is 11.8. The van der Waals surface area contributed by atoms with E-state index in [4.69, 9.17) is 0 Å². The van der Waals surface area contributed by atoms with Gasteiger partial charge in [-0.25, -0.2) is 0 Å². The zero-order valence-electron chi connectivity index (χ0n) is 9.35. The highest BCUT2D eigenvalue weighted by atomic mass is 79.9. The quantitative estimate of drug-likeness (QED) is 0.605. The maximum atomic E-state index is 9.18. The van der Waals surface area contributed by atoms with Gasteiger partial charge in [0.15, 0.2) is 0 Å². The molecule has 0 aliphatic rings. The van der Waals surface area contributed by atoms with Crippen molar-refractivity contribution in [1.82, 2.24) is 0 Å². The van der Waals surface area contributed by atoms with Crippen molar-refractivity contribution in [2.45, 2.75) is 0 Å². The molecule has 0 amide bonds. The molecular formula is C15H8BrNS. The highest BCUT2D eigenvalue weighted by Crippen LogP contribution is 2.42. The molecule has 0 aliphatic carbocycles. The van der Waals surface area contributed by atoms with Crippen molar-refractivity contribution < 1.29 is 0 Å². The number of fused-ring (bicyclic) bond motifs is 1. The number of nitriles is 1. The molecule has 0 unspecified atom stereocenters. The fraction of sp³-hybridized carbons (Fsp3) is 0. The Morgan fingerprint density at radius 3 is 2.50 bits per heavy atom. The number of nitrogens with zero attached hydrogens (tertiary/aromatic N) is 1. The lowest BCUT2D eigenvalue weighted by Crippen LogP contribution is -1.80. The highest BCUT2D eigenvalue weighted by molar-refractivity contribution is 9.10. The number of hydrogen-bond donors (Lipinski definition) is 0. The Morgan fingerprint density at radius 1 is 1.00 bits per heavy atom. The van der Waals surface area contributed by atoms with Gasteiger partial charge < -0.3 is 0 Å². The summed E-state index contributed by atoms with van der Waals surface area (Å²) in [6.07, 6.45) is 0. The summed E-state index contributed by atoms with van der Waals surface area (Å²) in [7, 11) is 0. The molecule has 2 aromatic carbocycles. The summed E-state index contributed by atoms with van der Waals surface area (Å²) in [6, 6.07) is 18.2. The Labute approximate surface area is 117 Å². The van der Waals surface area contributed by atoms with Gasteiger partial charge in [0.25, 0.3) is 0 Å². The van der Waals surface area contributed by atoms with Crippen LogP contribution in [-0.4, -0.2) is 0 Å². The van der Waals surface area contributed by atoms with Crippen LogP contribution in [0.25, 0.3) is 20.5 Å². The number of rotatable bonds is 1. The van der Waals surface area contributed by atoms with E-state index in [1.54, 1.807) is 11.3 Å². The second kappa shape index (κ2) is 4.56. The Morgan fingerprint density at radius 2 is 1.72 bits per heavy atom. The summed E-state index contributed by atoms with van der Waals surface area (Å²) in [5.74, 6) is 0. The van der Waals surface area contributed by atoms with Gasteiger partial charge in [-0.15, -0.1) is 11.3 Å². The number of hydrogen-bond acceptors (Lipinski definition) is 2. The smallest absolute Gasteiger partial charge is 0.0998 e. The normalized spacial score (nSPS) is 10.4. The first-order valence-corrected chi connectivity index (χ1v) is 7.09. The van der Waals surface area contributed by atoms with Crippen LogP contribution in [0.5, 0.6) is 0 Å². The zero-order chi connectivity index (χ0) is 12.5. The molecule has 1 heterocycles. The minimum Gasteiger partial charge on any atom is -0.192 e. The van der Waals surface area contributed by atoms with E-state index in [0.717, 1.165) is 14.9 Å². The Bertz CT molecular complexity index is 768. The third-order valence-electron chi connectivity index (χ3n) is 2.83. The molecule has 0 bridgehead atoms. The largest absolute Gasteiger partial charge is 0.192 e. The van der Waals surface area contributed by atoms with E-state index >= 15 is 0 Å². The first kappa shape index (κ1) is 11.5. The molecule has 0 aliphatic heterocycles. The average molecular weight is 314 g/mol. The van der Waals surface area contributed by atoms with Crippen LogP contribution in [0.15, 0.2) is 53.0 Å². The molecule has 3 heteroatoms. The number of thiophene rings is 1. The van der Waals surface area contributed by atoms with Crippen LogP contribution in [-0.2, 0) is 0 Å². The van der Waals surface area contributed by atoms with Crippen LogP contribution in [0.1, 0.15) is 5.56 Å². The monoisotopic (exact) mass is 313 g/mol. The molecule has 0 radical (unpaired) electrons. The summed E-state index contributed by atoms with van der Waals surface area (Å²) in [6.45, 7) is 0. The lowest BCUT2D eigenvalue weighted by molar-refractivity contribution is 1.49. The second-order valence-electron chi connectivity index (χ2n) is 3.90. The van der Waals surface area contributed by atoms with Gasteiger partial charge in [0, 0.05) is 20.1 Å². The van der Waals surface area contributed by atoms with Gasteiger partial charge in [-0.2, -0.15) is 5.26 Å². The van der Waals surface area contributed by atoms with Gasteiger partial charge in [-0.1, -0.05) is 36.4 Å². The van der Waals surface area contributed by atoms with Crippen molar-refractivity contribution in [3.05, 3.63) is 58.6 Å². The lowest BCUT2D eigenvalue weighted by Gasteiger charge is -2.01. The lowest BCUT2D eigenvalue weighted by atomic mass is 10.1. The van der Waals surface area contributed by atoms with E-state index in [9.17, 15) is 5.26 Å². The van der Waals surface area contributed by atoms with Crippen LogP contribution < -0.4 is 0 Å². The third-order valence-corrected chi connectivity index (χ3v) is 5.12. The molecule has 86 valence electrons. The second-order valence-corrected chi connectivity index (χ2v) is 5.74. The summed E-state index contributed by atoms with van der Waals surface area (Å²) < 4.78 is 2.30. The maximum absolute atomic E-state index is 9.18. The molecule has 1 nitrogen and oxygen atoms in total. The van der Waals surface area contributed by atoms with Gasteiger partial charge in [0.05, 0.1) is 16.5 Å². The van der Waals surface area contributed by atoms with Crippen LogP contribution in [0, 0.1) is 11.3 Å². The molecule has 3 rings (SSSR count). The first-order valence-electron chi connectivity index (χ1n) is 5.48. The predicted molar refractivity (Wildman–Crippen MR) is 79.7 cm³/mol. The Balaban J connectivity index is 2.33. The van der Waals surface area contributed by atoms with Crippen molar-refractivity contribution in [2.75, 3.05) is 0 Å². The first-order chi connectivity index (χ1) is 8.81. The molecule has 18 heavy (non-hydrogen) atoms. The molecule has 0 saturated carbocycles. The molecule has 0 atom stereocenters. The maximum Gasteiger partial charge on any atom is 0.0998 e. The molecule has 3 aromatic rings. The third kappa shape index (κ3) is 1.74. The van der Waals surface area contributed by atoms with Gasteiger partial charge in [0.2, 0.25) is 0 Å². The van der Waals surface area contributed by atoms with E-state index in [2.05, 4.69) is 34.1 Å². The van der Waals surface area contributed by atoms with E-state index in [-0.39, 0.29) is 0 Å². The van der Waals surface area contributed by atoms with Gasteiger partial charge in [0.1, 0.15) is 0 Å². The van der Waals surface area contributed by atoms with Crippen molar-refractivity contribution in [2.24, 2.45) is 0 Å². The van der Waals surface area contributed by atoms with E-state index < -0.39 is 0 Å². The molecule has 0 N–H and O–H groups in total. The number of halogens is 1. The van der Waals surface area contributed by atoms with Crippen LogP contribution in [0.4, 0.5) is 0 Å². The minimum atomic E-state index is 0.713. The summed E-state index contributed by atoms with van der Waals surface area (Å²) in [4.78, 5) is 1.12. The van der Waals surface area contributed by atoms with Gasteiger partial charge in [-0.05, 0) is 28.1 Å². The topological polar surface area (TPSA) is 23.8 Å². The molecular weight excluding hydrogens is 306 g/mol. The number of benzene rings is 2. The molecule has 0 saturated heterocycles. The van der Waals surface area contributed by atoms with Crippen molar-refractivity contribution in [1.29, 1.82) is 5.26 Å². The Kier molecular flexibility index (Phi) is 2.91. The van der Waals surface area contributed by atoms with Crippen LogP contribution >= 0.6 is 27.3 Å². The summed E-state index contributed by atoms with van der Waals surface area (Å²) in [5, 5.41) is 10.4. The van der Waals surface area contributed by atoms with Crippen LogP contribution in [0.3, 0.4) is 0 Å². The predicted octanol–water partition coefficient (Wildman–Crippen LogP) is 5.20. The standard InChI is InChI=1S/C15H8BrNS/c16-14-12-7-3-4-8-13(12)18-15(14)11-6-2-1-5-10(11)9-17/h1-8H. The average Bonchev–Trinajstić information content (AvgIpc) is 2.76. The van der Waals surface area contributed by atoms with Gasteiger partial charge in [-0.3, -0.25) is 0 Å². The van der Waals surface area contributed by atoms with Gasteiger partial charge >= 0.3 is 0 Å². The van der Waals surface area contributed by atoms with Crippen LogP contribution in [0.2, 0.25) is 0 Å². The molecule has 0 fully saturated rings. The fourth-order valence-corrected chi connectivity index (χ4v) is 4.03. The van der Waals surface area contributed by atoms with E-state index in [1.165, 1.54) is 10.1 Å². The minimum absolute atomic E-state index is 0.713. The highest BCUT2D eigenvalue weighted by Gasteiger charge is 2.13. The SMILES string of the molecule is N#Cc1ccccc1-c1sc2ccccc2c1Br. The molecule has 1 aromatic heterocycles. The Hall–Kier alpha value is -1.63. The molecule has 0 spiro atoms. The summed E-state index contributed by atoms with van der Waals surface area (Å²) in [5.41, 5.74) is 1.71. The fourth-order valence-electron chi connectivity index (χ4n) is 1.97. The van der Waals surface area contributed by atoms with Crippen molar-refractivity contribution in [3.63, 3.8) is 0 Å². The van der Waals surface area contributed by atoms with Crippen molar-refractivity contribution in [3.8, 4) is 16.5 Å². The van der Waals surface area contributed by atoms with E-state index in [1.807, 2.05) is 36.4 Å². The summed E-state index contributed by atoms with van der Waals surface area (Å²) >= 11 is 5.36. The van der Waals surface area contributed by atoms with Crippen molar-refractivity contribution >= 4 is 37.4 Å². The van der Waals surface area contributed by atoms with E-state index in [0.29, 0.717) is 5.56 Å².